The van der Waals surface area contributed by atoms with Gasteiger partial charge in [0, 0.05) is 18.1 Å². The number of amides is 2. The Balaban J connectivity index is 2.44. The van der Waals surface area contributed by atoms with Gasteiger partial charge in [-0.15, -0.1) is 0 Å². The molecule has 32 heavy (non-hydrogen) atoms. The summed E-state index contributed by atoms with van der Waals surface area (Å²) in [5.41, 5.74) is 1.88. The number of hydrogen-bond acceptors (Lipinski definition) is 5. The molecule has 10 heteroatoms. The minimum atomic E-state index is -3.83. The van der Waals surface area contributed by atoms with Gasteiger partial charge in [0.15, 0.2) is 0 Å². The lowest BCUT2D eigenvalue weighted by atomic mass is 10.1. The lowest BCUT2D eigenvalue weighted by Gasteiger charge is -2.31. The van der Waals surface area contributed by atoms with Crippen molar-refractivity contribution in [2.45, 2.75) is 26.4 Å². The summed E-state index contributed by atoms with van der Waals surface area (Å²) in [5.74, 6) is -0.542. The number of benzene rings is 2. The van der Waals surface area contributed by atoms with E-state index in [4.69, 9.17) is 4.74 Å². The first-order valence-electron chi connectivity index (χ1n) is 9.85. The Kier molecular flexibility index (Phi) is 8.68. The van der Waals surface area contributed by atoms with Gasteiger partial charge < -0.3 is 15.0 Å². The van der Waals surface area contributed by atoms with Crippen LogP contribution in [0.15, 0.2) is 46.9 Å². The molecule has 0 radical (unpaired) electrons. The first kappa shape index (κ1) is 25.7. The van der Waals surface area contributed by atoms with E-state index < -0.39 is 28.5 Å². The number of sulfonamides is 1. The van der Waals surface area contributed by atoms with Crippen LogP contribution < -0.4 is 14.4 Å². The maximum atomic E-state index is 13.4. The van der Waals surface area contributed by atoms with Crippen molar-refractivity contribution in [3.63, 3.8) is 0 Å². The van der Waals surface area contributed by atoms with E-state index in [1.165, 1.54) is 19.1 Å². The van der Waals surface area contributed by atoms with Crippen LogP contribution in [0.4, 0.5) is 5.69 Å². The van der Waals surface area contributed by atoms with Crippen molar-refractivity contribution in [2.24, 2.45) is 0 Å². The zero-order valence-electron chi connectivity index (χ0n) is 18.8. The molecule has 0 saturated heterocycles. The molecule has 2 aromatic rings. The maximum Gasteiger partial charge on any atom is 0.244 e. The van der Waals surface area contributed by atoms with Gasteiger partial charge in [-0.1, -0.05) is 34.1 Å². The van der Waals surface area contributed by atoms with Crippen molar-refractivity contribution in [3.05, 3.63) is 58.1 Å². The highest BCUT2D eigenvalue weighted by Gasteiger charge is 2.30. The maximum absolute atomic E-state index is 13.4. The van der Waals surface area contributed by atoms with Crippen LogP contribution >= 0.6 is 15.9 Å². The van der Waals surface area contributed by atoms with Crippen molar-refractivity contribution in [1.82, 2.24) is 10.2 Å². The third kappa shape index (κ3) is 6.46. The molecule has 0 aliphatic carbocycles. The summed E-state index contributed by atoms with van der Waals surface area (Å²) < 4.78 is 32.5. The molecule has 0 heterocycles. The lowest BCUT2D eigenvalue weighted by Crippen LogP contribution is -2.50. The van der Waals surface area contributed by atoms with E-state index in [9.17, 15) is 18.0 Å². The summed E-state index contributed by atoms with van der Waals surface area (Å²) in [6.07, 6.45) is 1.03. The first-order valence-corrected chi connectivity index (χ1v) is 12.5. The van der Waals surface area contributed by atoms with Crippen LogP contribution in [0.1, 0.15) is 18.1 Å². The number of carbonyl (C=O) groups excluding carboxylic acids is 2. The van der Waals surface area contributed by atoms with E-state index in [-0.39, 0.29) is 18.1 Å². The number of carbonyl (C=O) groups is 2. The second kappa shape index (κ2) is 10.8. The Hall–Kier alpha value is -2.59. The predicted octanol–water partition coefficient (Wildman–Crippen LogP) is 2.70. The normalized spacial score (nSPS) is 12.1. The number of aryl methyl sites for hydroxylation is 1. The van der Waals surface area contributed by atoms with Crippen molar-refractivity contribution >= 4 is 43.5 Å². The van der Waals surface area contributed by atoms with Crippen LogP contribution in [0, 0.1) is 6.92 Å². The van der Waals surface area contributed by atoms with E-state index in [0.29, 0.717) is 5.75 Å². The molecular weight excluding hydrogens is 498 g/mol. The third-order valence-corrected chi connectivity index (χ3v) is 6.62. The van der Waals surface area contributed by atoms with Gasteiger partial charge in [-0.05, 0) is 49.2 Å². The van der Waals surface area contributed by atoms with Crippen LogP contribution in [0.3, 0.4) is 0 Å². The Morgan fingerprint density at radius 2 is 1.78 bits per heavy atom. The van der Waals surface area contributed by atoms with Crippen LogP contribution in [-0.4, -0.2) is 58.1 Å². The zero-order valence-corrected chi connectivity index (χ0v) is 21.2. The molecule has 1 N–H and O–H groups in total. The molecule has 2 aromatic carbocycles. The molecular formula is C22H28BrN3O5S. The number of rotatable bonds is 9. The van der Waals surface area contributed by atoms with E-state index in [2.05, 4.69) is 21.2 Å². The molecule has 0 aliphatic heterocycles. The van der Waals surface area contributed by atoms with Crippen LogP contribution in [0.25, 0.3) is 0 Å². The van der Waals surface area contributed by atoms with E-state index in [1.807, 2.05) is 31.2 Å². The van der Waals surface area contributed by atoms with Gasteiger partial charge in [-0.3, -0.25) is 13.9 Å². The Labute approximate surface area is 197 Å². The first-order chi connectivity index (χ1) is 15.0. The lowest BCUT2D eigenvalue weighted by molar-refractivity contribution is -0.139. The summed E-state index contributed by atoms with van der Waals surface area (Å²) in [5, 5.41) is 2.54. The van der Waals surface area contributed by atoms with Gasteiger partial charge in [0.05, 0.1) is 19.1 Å². The number of nitrogens with one attached hydrogen (secondary N) is 1. The highest BCUT2D eigenvalue weighted by atomic mass is 79.9. The topological polar surface area (TPSA) is 96.0 Å². The quantitative estimate of drug-likeness (QED) is 0.542. The number of methoxy groups -OCH3 is 1. The molecule has 1 atom stereocenters. The van der Waals surface area contributed by atoms with Gasteiger partial charge in [-0.25, -0.2) is 8.42 Å². The van der Waals surface area contributed by atoms with Crippen LogP contribution in [0.5, 0.6) is 5.75 Å². The standard InChI is InChI=1S/C22H28BrN3O5S/c1-15-6-11-20(31-4)19(12-15)26(32(5,29)30)14-21(27)25(16(2)22(28)24-3)13-17-7-9-18(23)10-8-17/h6-12,16H,13-14H2,1-5H3,(H,24,28)/t16-/m1/s1. The fourth-order valence-corrected chi connectivity index (χ4v) is 4.28. The number of ether oxygens (including phenoxy) is 1. The summed E-state index contributed by atoms with van der Waals surface area (Å²) in [4.78, 5) is 27.1. The minimum absolute atomic E-state index is 0.142. The fraction of sp³-hybridized carbons (Fsp3) is 0.364. The molecule has 0 aromatic heterocycles. The number of anilines is 1. The van der Waals surface area contributed by atoms with Crippen LogP contribution in [-0.2, 0) is 26.2 Å². The Morgan fingerprint density at radius 3 is 2.31 bits per heavy atom. The molecule has 8 nitrogen and oxygen atoms in total. The number of hydrogen-bond donors (Lipinski definition) is 1. The smallest absolute Gasteiger partial charge is 0.244 e. The summed E-state index contributed by atoms with van der Waals surface area (Å²) in [7, 11) is -0.905. The van der Waals surface area contributed by atoms with Crippen molar-refractivity contribution < 1.29 is 22.7 Å². The van der Waals surface area contributed by atoms with Crippen LogP contribution in [0.2, 0.25) is 0 Å². The SMILES string of the molecule is CNC(=O)[C@@H](C)N(Cc1ccc(Br)cc1)C(=O)CN(c1cc(C)ccc1OC)S(C)(=O)=O. The molecule has 2 amide bonds. The zero-order chi connectivity index (χ0) is 24.1. The summed E-state index contributed by atoms with van der Waals surface area (Å²) >= 11 is 3.37. The summed E-state index contributed by atoms with van der Waals surface area (Å²) in [6, 6.07) is 11.6. The van der Waals surface area contributed by atoms with Gasteiger partial charge in [0.1, 0.15) is 18.3 Å². The van der Waals surface area contributed by atoms with Gasteiger partial charge in [-0.2, -0.15) is 0 Å². The highest BCUT2D eigenvalue weighted by molar-refractivity contribution is 9.10. The monoisotopic (exact) mass is 525 g/mol. The predicted molar refractivity (Wildman–Crippen MR) is 128 cm³/mol. The van der Waals surface area contributed by atoms with E-state index in [1.54, 1.807) is 25.1 Å². The number of nitrogens with zero attached hydrogens (tertiary/aromatic N) is 2. The number of halogens is 1. The molecule has 0 aliphatic rings. The second-order valence-electron chi connectivity index (χ2n) is 7.38. The largest absolute Gasteiger partial charge is 0.495 e. The fourth-order valence-electron chi connectivity index (χ4n) is 3.17. The summed E-state index contributed by atoms with van der Waals surface area (Å²) in [6.45, 7) is 3.09. The second-order valence-corrected chi connectivity index (χ2v) is 10.2. The number of likely N-dealkylation sites (N-methyl/N-ethyl adjacent to an activating group) is 1. The Bertz CT molecular complexity index is 1070. The minimum Gasteiger partial charge on any atom is -0.495 e. The van der Waals surface area contributed by atoms with Gasteiger partial charge in [0.2, 0.25) is 21.8 Å². The molecule has 0 saturated carbocycles. The van der Waals surface area contributed by atoms with Gasteiger partial charge >= 0.3 is 0 Å². The molecule has 2 rings (SSSR count). The van der Waals surface area contributed by atoms with Gasteiger partial charge in [0.25, 0.3) is 0 Å². The molecule has 0 spiro atoms. The molecule has 174 valence electrons. The molecule has 0 fully saturated rings. The average molecular weight is 526 g/mol. The Morgan fingerprint density at radius 1 is 1.16 bits per heavy atom. The van der Waals surface area contributed by atoms with Crippen molar-refractivity contribution in [3.8, 4) is 5.75 Å². The molecule has 0 unspecified atom stereocenters. The van der Waals surface area contributed by atoms with Crippen molar-refractivity contribution in [2.75, 3.05) is 31.3 Å². The molecule has 0 bridgehead atoms. The van der Waals surface area contributed by atoms with E-state index in [0.717, 1.165) is 26.2 Å². The third-order valence-electron chi connectivity index (χ3n) is 4.96. The average Bonchev–Trinajstić information content (AvgIpc) is 2.75. The van der Waals surface area contributed by atoms with Crippen molar-refractivity contribution in [1.29, 1.82) is 0 Å². The highest BCUT2D eigenvalue weighted by Crippen LogP contribution is 2.31. The van der Waals surface area contributed by atoms with E-state index >= 15 is 0 Å².